The Morgan fingerprint density at radius 3 is 1.20 bits per heavy atom. The molecule has 0 N–H and O–H groups in total. The van der Waals surface area contributed by atoms with Gasteiger partial charge in [-0.3, -0.25) is 0 Å². The summed E-state index contributed by atoms with van der Waals surface area (Å²) in [6, 6.07) is 80.1. The van der Waals surface area contributed by atoms with Gasteiger partial charge in [0.15, 0.2) is 0 Å². The Kier molecular flexibility index (Phi) is 9.64. The second kappa shape index (κ2) is 15.8. The minimum absolute atomic E-state index is 0.859. The fourth-order valence-electron chi connectivity index (χ4n) is 8.28. The van der Waals surface area contributed by atoms with Gasteiger partial charge in [-0.15, -0.1) is 0 Å². The largest absolute Gasteiger partial charge is 0.456 e. The smallest absolute Gasteiger partial charge is 0.135 e. The van der Waals surface area contributed by atoms with E-state index >= 15 is 0 Å². The number of hydrogen-bond acceptors (Lipinski definition) is 4. The van der Waals surface area contributed by atoms with Crippen LogP contribution in [0.4, 0.5) is 51.2 Å². The van der Waals surface area contributed by atoms with Crippen LogP contribution in [0.25, 0.3) is 33.1 Å². The second-order valence-electron chi connectivity index (χ2n) is 15.3. The molecule has 4 nitrogen and oxygen atoms in total. The molecule has 0 atom stereocenters. The van der Waals surface area contributed by atoms with Gasteiger partial charge in [0, 0.05) is 44.9 Å². The summed E-state index contributed by atoms with van der Waals surface area (Å²) < 4.78 is 6.35. The second-order valence-corrected chi connectivity index (χ2v) is 15.3. The first-order chi connectivity index (χ1) is 29.6. The third-order valence-corrected chi connectivity index (χ3v) is 11.1. The number of para-hydroxylation sites is 3. The SMILES string of the molecule is Cc1cccc(N(c2ccccc2)c2cc(N(c3ccccc3)c3cccc(C)c3)cc(N(c3ccc(-c4ccccc4)cc3)c3ccc4oc5ccccc5c4c3)c2)c1. The van der Waals surface area contributed by atoms with E-state index in [-0.39, 0.29) is 0 Å². The molecule has 0 fully saturated rings. The first-order valence-corrected chi connectivity index (χ1v) is 20.4. The van der Waals surface area contributed by atoms with Crippen molar-refractivity contribution < 1.29 is 4.42 Å². The van der Waals surface area contributed by atoms with E-state index in [2.05, 4.69) is 241 Å². The highest BCUT2D eigenvalue weighted by Crippen LogP contribution is 2.47. The maximum Gasteiger partial charge on any atom is 0.135 e. The molecule has 1 heterocycles. The molecule has 0 spiro atoms. The summed E-state index contributed by atoms with van der Waals surface area (Å²) in [6.45, 7) is 4.31. The summed E-state index contributed by atoms with van der Waals surface area (Å²) in [4.78, 5) is 7.10. The van der Waals surface area contributed by atoms with E-state index < -0.39 is 0 Å². The first-order valence-electron chi connectivity index (χ1n) is 20.4. The Hall–Kier alpha value is -7.82. The third-order valence-electron chi connectivity index (χ3n) is 11.1. The third kappa shape index (κ3) is 7.16. The molecule has 0 bridgehead atoms. The average molecular weight is 774 g/mol. The zero-order valence-electron chi connectivity index (χ0n) is 33.6. The maximum absolute atomic E-state index is 6.35. The van der Waals surface area contributed by atoms with E-state index in [4.69, 9.17) is 4.42 Å². The molecule has 10 rings (SSSR count). The quantitative estimate of drug-likeness (QED) is 0.138. The van der Waals surface area contributed by atoms with Crippen LogP contribution in [-0.2, 0) is 0 Å². The lowest BCUT2D eigenvalue weighted by Gasteiger charge is -2.33. The van der Waals surface area contributed by atoms with Crippen LogP contribution in [0.2, 0.25) is 0 Å². The molecule has 1 aromatic heterocycles. The van der Waals surface area contributed by atoms with Crippen molar-refractivity contribution in [3.05, 3.63) is 236 Å². The summed E-state index contributed by atoms with van der Waals surface area (Å²) in [5.74, 6) is 0. The van der Waals surface area contributed by atoms with Crippen molar-refractivity contribution in [1.82, 2.24) is 0 Å². The van der Waals surface area contributed by atoms with E-state index in [1.165, 1.54) is 16.7 Å². The minimum Gasteiger partial charge on any atom is -0.456 e. The number of nitrogens with zero attached hydrogens (tertiary/aromatic N) is 3. The molecule has 0 radical (unpaired) electrons. The predicted molar refractivity (Wildman–Crippen MR) is 253 cm³/mol. The highest BCUT2D eigenvalue weighted by Gasteiger charge is 2.23. The Balaban J connectivity index is 1.26. The molecule has 60 heavy (non-hydrogen) atoms. The van der Waals surface area contributed by atoms with Crippen molar-refractivity contribution in [2.75, 3.05) is 14.7 Å². The molecule has 0 saturated carbocycles. The fraction of sp³-hybridized carbons (Fsp3) is 0.0357. The van der Waals surface area contributed by atoms with E-state index in [9.17, 15) is 0 Å². The minimum atomic E-state index is 0.859. The van der Waals surface area contributed by atoms with E-state index in [0.29, 0.717) is 0 Å². The van der Waals surface area contributed by atoms with Crippen molar-refractivity contribution in [1.29, 1.82) is 0 Å². The van der Waals surface area contributed by atoms with Crippen molar-refractivity contribution >= 4 is 73.1 Å². The van der Waals surface area contributed by atoms with Crippen LogP contribution in [0.3, 0.4) is 0 Å². The predicted octanol–water partition coefficient (Wildman–Crippen LogP) is 16.3. The highest BCUT2D eigenvalue weighted by atomic mass is 16.3. The molecular weight excluding hydrogens is 731 g/mol. The van der Waals surface area contributed by atoms with Crippen LogP contribution in [0, 0.1) is 13.8 Å². The number of aryl methyl sites for hydroxylation is 2. The molecule has 4 heteroatoms. The zero-order valence-corrected chi connectivity index (χ0v) is 33.6. The summed E-state index contributed by atoms with van der Waals surface area (Å²) in [5.41, 5.74) is 15.9. The van der Waals surface area contributed by atoms with Crippen LogP contribution < -0.4 is 14.7 Å². The van der Waals surface area contributed by atoms with Crippen molar-refractivity contribution in [3.63, 3.8) is 0 Å². The van der Waals surface area contributed by atoms with Gasteiger partial charge >= 0.3 is 0 Å². The van der Waals surface area contributed by atoms with Gasteiger partial charge in [-0.05, 0) is 139 Å². The number of furan rings is 1. The monoisotopic (exact) mass is 773 g/mol. The molecule has 10 aromatic rings. The van der Waals surface area contributed by atoms with E-state index in [1.54, 1.807) is 0 Å². The van der Waals surface area contributed by atoms with Crippen LogP contribution in [-0.4, -0.2) is 0 Å². The summed E-state index contributed by atoms with van der Waals surface area (Å²) >= 11 is 0. The Bertz CT molecular complexity index is 2960. The van der Waals surface area contributed by atoms with E-state index in [1.807, 2.05) is 12.1 Å². The van der Waals surface area contributed by atoms with Gasteiger partial charge < -0.3 is 19.1 Å². The molecule has 288 valence electrons. The summed E-state index contributed by atoms with van der Waals surface area (Å²) in [6.07, 6.45) is 0. The van der Waals surface area contributed by atoms with Gasteiger partial charge in [0.05, 0.1) is 17.1 Å². The number of anilines is 9. The molecule has 9 aromatic carbocycles. The molecule has 0 aliphatic rings. The van der Waals surface area contributed by atoms with Crippen LogP contribution in [0.15, 0.2) is 229 Å². The summed E-state index contributed by atoms with van der Waals surface area (Å²) in [5, 5.41) is 2.16. The van der Waals surface area contributed by atoms with Crippen LogP contribution >= 0.6 is 0 Å². The van der Waals surface area contributed by atoms with Crippen molar-refractivity contribution in [2.45, 2.75) is 13.8 Å². The number of fused-ring (bicyclic) bond motifs is 3. The topological polar surface area (TPSA) is 22.9 Å². The van der Waals surface area contributed by atoms with Gasteiger partial charge in [0.2, 0.25) is 0 Å². The van der Waals surface area contributed by atoms with Gasteiger partial charge in [0.1, 0.15) is 11.2 Å². The van der Waals surface area contributed by atoms with Crippen molar-refractivity contribution in [3.8, 4) is 11.1 Å². The zero-order chi connectivity index (χ0) is 40.4. The molecule has 0 unspecified atom stereocenters. The summed E-state index contributed by atoms with van der Waals surface area (Å²) in [7, 11) is 0. The molecule has 0 aliphatic carbocycles. The van der Waals surface area contributed by atoms with Crippen molar-refractivity contribution in [2.24, 2.45) is 0 Å². The standard InChI is InChI=1S/C56H43N3O/c1-40-16-14-24-47(34-40)57(44-20-8-4-9-21-44)50-36-51(58(45-22-10-5-11-23-45)48-25-15-17-41(2)35-48)38-52(37-50)59(46-30-28-43(29-31-46)42-18-6-3-7-19-42)49-32-33-56-54(39-49)53-26-12-13-27-55(53)60-56/h3-39H,1-2H3. The lowest BCUT2D eigenvalue weighted by Crippen LogP contribution is -2.16. The van der Waals surface area contributed by atoms with Gasteiger partial charge in [-0.2, -0.15) is 0 Å². The fourth-order valence-corrected chi connectivity index (χ4v) is 8.28. The molecular formula is C56H43N3O. The Morgan fingerprint density at radius 1 is 0.267 bits per heavy atom. The Labute approximate surface area is 351 Å². The van der Waals surface area contributed by atoms with Gasteiger partial charge in [-0.1, -0.05) is 121 Å². The number of rotatable bonds is 10. The molecule has 0 saturated heterocycles. The van der Waals surface area contributed by atoms with Crippen LogP contribution in [0.1, 0.15) is 11.1 Å². The van der Waals surface area contributed by atoms with Crippen LogP contribution in [0.5, 0.6) is 0 Å². The number of hydrogen-bond donors (Lipinski definition) is 0. The molecule has 0 aliphatic heterocycles. The lowest BCUT2D eigenvalue weighted by molar-refractivity contribution is 0.669. The molecule has 0 amide bonds. The maximum atomic E-state index is 6.35. The average Bonchev–Trinajstić information content (AvgIpc) is 3.66. The first kappa shape index (κ1) is 36.5. The number of benzene rings is 9. The van der Waals surface area contributed by atoms with Gasteiger partial charge in [-0.25, -0.2) is 0 Å². The van der Waals surface area contributed by atoms with Gasteiger partial charge in [0.25, 0.3) is 0 Å². The highest BCUT2D eigenvalue weighted by molar-refractivity contribution is 6.06. The lowest BCUT2D eigenvalue weighted by atomic mass is 10.0. The van der Waals surface area contributed by atoms with E-state index in [0.717, 1.165) is 78.7 Å². The Morgan fingerprint density at radius 2 is 0.667 bits per heavy atom. The normalized spacial score (nSPS) is 11.2.